The largest absolute Gasteiger partial charge is 0.453 e. The number of methoxy groups -OCH3 is 2. The average Bonchev–Trinajstić information content (AvgIpc) is 1.72. The third kappa shape index (κ3) is 14.6. The van der Waals surface area contributed by atoms with Crippen LogP contribution >= 0.6 is 0 Å². The van der Waals surface area contributed by atoms with Crippen LogP contribution in [0.3, 0.4) is 0 Å². The summed E-state index contributed by atoms with van der Waals surface area (Å²) in [5.74, 6) is 2.09. The van der Waals surface area contributed by atoms with E-state index in [-0.39, 0.29) is 5.56 Å². The van der Waals surface area contributed by atoms with Gasteiger partial charge in [0, 0.05) is 98.1 Å². The van der Waals surface area contributed by atoms with E-state index >= 15 is 8.78 Å². The number of pyridine rings is 2. The summed E-state index contributed by atoms with van der Waals surface area (Å²) in [7, 11) is 1.68. The first kappa shape index (κ1) is 66.5. The molecule has 4 amide bonds. The Morgan fingerprint density at radius 3 is 1.49 bits per heavy atom. The Bertz CT molecular complexity index is 3280. The number of alkyl halides is 6. The van der Waals surface area contributed by atoms with E-state index in [9.17, 15) is 50.6 Å². The summed E-state index contributed by atoms with van der Waals surface area (Å²) in [6.07, 6.45) is -8.32. The number of anilines is 2. The summed E-state index contributed by atoms with van der Waals surface area (Å²) in [6.45, 7) is 6.48. The number of carbonyl (C=O) groups excluding carboxylic acids is 4. The molecular formula is C63H75F8N11O9. The van der Waals surface area contributed by atoms with Gasteiger partial charge in [-0.1, -0.05) is 24.0 Å². The molecule has 6 aliphatic heterocycles. The van der Waals surface area contributed by atoms with Gasteiger partial charge in [0.1, 0.15) is 35.4 Å². The molecule has 10 rings (SSSR count). The molecule has 8 heterocycles. The number of halogens is 8. The molecule has 8 atom stereocenters. The Morgan fingerprint density at radius 1 is 0.626 bits per heavy atom. The van der Waals surface area contributed by atoms with Crippen LogP contribution in [0.5, 0.6) is 0 Å². The van der Waals surface area contributed by atoms with Crippen molar-refractivity contribution in [3.8, 4) is 23.0 Å². The number of aromatic nitrogens is 2. The van der Waals surface area contributed by atoms with Crippen molar-refractivity contribution in [2.45, 2.75) is 139 Å². The zero-order valence-electron chi connectivity index (χ0n) is 51.2. The van der Waals surface area contributed by atoms with Crippen LogP contribution in [0.15, 0.2) is 73.1 Å². The topological polar surface area (TPSA) is 216 Å². The normalized spacial score (nSPS) is 22.0. The first-order valence-electron chi connectivity index (χ1n) is 30.2. The van der Waals surface area contributed by atoms with Crippen molar-refractivity contribution >= 4 is 35.6 Å². The number of fused-ring (bicyclic) bond motifs is 4. The third-order valence-electron chi connectivity index (χ3n) is 18.7. The maximum absolute atomic E-state index is 16.6. The number of nitrogens with zero attached hydrogens (tertiary/aromatic N) is 7. The molecule has 492 valence electrons. The molecule has 0 saturated carbocycles. The number of amides is 4. The highest BCUT2D eigenvalue weighted by Crippen LogP contribution is 2.43. The molecule has 0 spiro atoms. The third-order valence-corrected chi connectivity index (χ3v) is 18.7. The number of hydrazine groups is 1. The van der Waals surface area contributed by atoms with Gasteiger partial charge in [-0.25, -0.2) is 33.3 Å². The molecule has 4 aromatic rings. The number of aliphatic hydroxyl groups excluding tert-OH is 1. The van der Waals surface area contributed by atoms with Gasteiger partial charge in [-0.2, -0.15) is 26.3 Å². The average molecular weight is 1280 g/mol. The fourth-order valence-corrected chi connectivity index (χ4v) is 13.0. The number of rotatable bonds is 20. The molecule has 6 fully saturated rings. The van der Waals surface area contributed by atoms with Crippen molar-refractivity contribution in [3.63, 3.8) is 0 Å². The Labute approximate surface area is 521 Å². The Hall–Kier alpha value is -7.42. The number of piperazine rings is 2. The van der Waals surface area contributed by atoms with Crippen LogP contribution in [0.2, 0.25) is 0 Å². The second-order valence-corrected chi connectivity index (χ2v) is 25.4. The zero-order chi connectivity index (χ0) is 65.3. The lowest BCUT2D eigenvalue weighted by Crippen LogP contribution is -2.63. The number of alkyl carbamates (subject to hydrolysis) is 2. The van der Waals surface area contributed by atoms with Crippen LogP contribution in [-0.4, -0.2) is 200 Å². The maximum Gasteiger partial charge on any atom is 0.407 e. The van der Waals surface area contributed by atoms with Gasteiger partial charge in [0.05, 0.1) is 75.7 Å². The Balaban J connectivity index is 0.910. The van der Waals surface area contributed by atoms with Crippen LogP contribution in [0, 0.1) is 34.3 Å². The van der Waals surface area contributed by atoms with Gasteiger partial charge in [0.15, 0.2) is 0 Å². The predicted octanol–water partition coefficient (Wildman–Crippen LogP) is 6.47. The summed E-state index contributed by atoms with van der Waals surface area (Å²) in [5.41, 5.74) is -2.94. The van der Waals surface area contributed by atoms with E-state index in [1.54, 1.807) is 42.6 Å². The molecule has 2 aromatic carbocycles. The van der Waals surface area contributed by atoms with Crippen LogP contribution in [-0.2, 0) is 41.5 Å². The molecule has 91 heavy (non-hydrogen) atoms. The molecule has 0 radical (unpaired) electrons. The molecule has 0 aliphatic carbocycles. The molecular weight excluding hydrogens is 1210 g/mol. The maximum atomic E-state index is 16.6. The fourth-order valence-electron chi connectivity index (χ4n) is 13.0. The zero-order valence-corrected chi connectivity index (χ0v) is 51.2. The van der Waals surface area contributed by atoms with Crippen molar-refractivity contribution in [1.82, 2.24) is 46.2 Å². The number of ether oxygens (including phenoxy) is 4. The SMILES string of the molecule is COC(=O)N[C@H](C(=O)N[C@@H](Cc1ccc(C#Cc2ccc(N3CC4CCC(C3)N4C3COC3)nc2)cc1)[C@@H](O)CN(Cc1c(F)cc(-c2ccc(N3CC4CCC(C3)N4C3COC3)nc2)cc1F)NC(=O)[C@@H](NC(=O)OC)C(C)(C)C(F)(F)F)C(C)(C)C(F)(F)F. The fraction of sp³-hybridized carbons (Fsp3) is 0.556. The van der Waals surface area contributed by atoms with Crippen molar-refractivity contribution in [3.05, 3.63) is 107 Å². The minimum atomic E-state index is -5.19. The molecule has 6 saturated heterocycles. The van der Waals surface area contributed by atoms with Gasteiger partial charge in [-0.15, -0.1) is 0 Å². The summed E-state index contributed by atoms with van der Waals surface area (Å²) in [5, 5.41) is 19.0. The Morgan fingerprint density at radius 2 is 1.08 bits per heavy atom. The van der Waals surface area contributed by atoms with Crippen molar-refractivity contribution < 1.29 is 78.4 Å². The van der Waals surface area contributed by atoms with Crippen LogP contribution in [0.4, 0.5) is 56.3 Å². The quantitative estimate of drug-likeness (QED) is 0.0364. The molecule has 2 aromatic heterocycles. The van der Waals surface area contributed by atoms with Crippen LogP contribution in [0.25, 0.3) is 11.1 Å². The summed E-state index contributed by atoms with van der Waals surface area (Å²) >= 11 is 0. The molecule has 4 unspecified atom stereocenters. The minimum Gasteiger partial charge on any atom is -0.453 e. The summed E-state index contributed by atoms with van der Waals surface area (Å²) in [4.78, 5) is 72.5. The number of benzene rings is 2. The van der Waals surface area contributed by atoms with Gasteiger partial charge in [0.25, 0.3) is 5.91 Å². The van der Waals surface area contributed by atoms with E-state index in [0.717, 1.165) is 97.2 Å². The predicted molar refractivity (Wildman–Crippen MR) is 316 cm³/mol. The highest BCUT2D eigenvalue weighted by Gasteiger charge is 2.58. The Kier molecular flexibility index (Phi) is 19.8. The number of hydrogen-bond acceptors (Lipinski definition) is 16. The monoisotopic (exact) mass is 1280 g/mol. The first-order valence-corrected chi connectivity index (χ1v) is 30.2. The number of hydrogen-bond donors (Lipinski definition) is 5. The van der Waals surface area contributed by atoms with E-state index in [1.807, 2.05) is 22.8 Å². The molecule has 28 heteroatoms. The van der Waals surface area contributed by atoms with Crippen molar-refractivity contribution in [1.29, 1.82) is 0 Å². The van der Waals surface area contributed by atoms with E-state index < -0.39 is 108 Å². The molecule has 20 nitrogen and oxygen atoms in total. The van der Waals surface area contributed by atoms with E-state index in [2.05, 4.69) is 56.6 Å². The van der Waals surface area contributed by atoms with Gasteiger partial charge < -0.3 is 49.8 Å². The first-order chi connectivity index (χ1) is 43.1. The molecule has 5 N–H and O–H groups in total. The number of aliphatic hydroxyl groups is 1. The van der Waals surface area contributed by atoms with Crippen LogP contribution < -0.4 is 31.2 Å². The van der Waals surface area contributed by atoms with Crippen molar-refractivity contribution in [2.75, 3.05) is 83.2 Å². The second kappa shape index (κ2) is 27.0. The second-order valence-electron chi connectivity index (χ2n) is 25.4. The lowest BCUT2D eigenvalue weighted by Gasteiger charge is -2.48. The van der Waals surface area contributed by atoms with Gasteiger partial charge in [-0.05, 0) is 119 Å². The highest BCUT2D eigenvalue weighted by atomic mass is 19.4. The van der Waals surface area contributed by atoms with Crippen molar-refractivity contribution in [2.24, 2.45) is 10.8 Å². The lowest BCUT2D eigenvalue weighted by molar-refractivity contribution is -0.221. The summed E-state index contributed by atoms with van der Waals surface area (Å²) < 4.78 is 142. The standard InChI is InChI=1S/C63H75F8N11O9/c1-60(2,62(66,67)68)54(75-58(86)88-5)56(84)74-50(21-37-10-7-36(8-11-37)9-12-38-13-19-52(72-24-38)78-26-41-15-16-42(27-78)81(41)45-32-90-33-45)51(83)31-80(77-57(85)55(76-59(87)89-6)61(3,4)63(69,70)71)30-47-48(64)22-40(23-49(47)65)39-14-20-53(73-25-39)79-28-43-17-18-44(29-79)82(43)46-34-91-35-46/h7-8,10-11,13-14,19-20,22-25,41-46,50-51,54-55,83H,15-18,21,26-35H2,1-6H3,(H,74,84)(H,75,86)(H,76,87)(H,77,85)/t41?,42?,43?,44?,50-,51-,54+,55+/m0/s1. The van der Waals surface area contributed by atoms with Gasteiger partial charge in [0.2, 0.25) is 5.91 Å². The van der Waals surface area contributed by atoms with E-state index in [4.69, 9.17) is 14.5 Å². The number of carbonyl (C=O) groups is 4. The highest BCUT2D eigenvalue weighted by molar-refractivity contribution is 5.87. The lowest BCUT2D eigenvalue weighted by atomic mass is 9.82. The minimum absolute atomic E-state index is 0.0342. The van der Waals surface area contributed by atoms with E-state index in [1.165, 1.54) is 6.20 Å². The number of nitrogens with one attached hydrogen (secondary N) is 4. The summed E-state index contributed by atoms with van der Waals surface area (Å²) in [6, 6.07) is 11.1. The molecule has 4 bridgehead atoms. The van der Waals surface area contributed by atoms with Gasteiger partial charge in [-0.3, -0.25) is 24.8 Å². The molecule has 6 aliphatic rings. The van der Waals surface area contributed by atoms with Gasteiger partial charge >= 0.3 is 24.5 Å². The van der Waals surface area contributed by atoms with E-state index in [0.29, 0.717) is 110 Å². The van der Waals surface area contributed by atoms with Crippen LogP contribution in [0.1, 0.15) is 75.6 Å². The smallest absolute Gasteiger partial charge is 0.407 e.